The third kappa shape index (κ3) is 5.10. The van der Waals surface area contributed by atoms with Crippen LogP contribution in [0, 0.1) is 13.8 Å². The van der Waals surface area contributed by atoms with Crippen LogP contribution in [0.4, 0.5) is 5.82 Å². The second kappa shape index (κ2) is 8.34. The lowest BCUT2D eigenvalue weighted by atomic mass is 10.3. The number of thiophene rings is 1. The van der Waals surface area contributed by atoms with Crippen molar-refractivity contribution >= 4 is 40.7 Å². The van der Waals surface area contributed by atoms with Gasteiger partial charge in [-0.25, -0.2) is 0 Å². The summed E-state index contributed by atoms with van der Waals surface area (Å²) in [5.74, 6) is 1.09. The molecule has 8 heteroatoms. The maximum absolute atomic E-state index is 12.2. The van der Waals surface area contributed by atoms with Crippen molar-refractivity contribution in [1.29, 1.82) is 0 Å². The normalized spacial score (nSPS) is 12.0. The minimum absolute atomic E-state index is 0.00438. The predicted octanol–water partition coefficient (Wildman–Crippen LogP) is 3.07. The van der Waals surface area contributed by atoms with Gasteiger partial charge in [0.1, 0.15) is 5.76 Å². The van der Waals surface area contributed by atoms with Crippen molar-refractivity contribution < 1.29 is 14.1 Å². The molecule has 0 fully saturated rings. The van der Waals surface area contributed by atoms with Gasteiger partial charge in [-0.2, -0.15) is 0 Å². The fourth-order valence-corrected chi connectivity index (χ4v) is 3.69. The van der Waals surface area contributed by atoms with Crippen molar-refractivity contribution in [3.63, 3.8) is 0 Å². The zero-order valence-electron chi connectivity index (χ0n) is 14.2. The maximum Gasteiger partial charge on any atom is 0.238 e. The Labute approximate surface area is 149 Å². The molecule has 0 bridgehead atoms. The molecular formula is C16H21N3O3S2. The number of nitrogens with zero attached hydrogens (tertiary/aromatic N) is 2. The van der Waals surface area contributed by atoms with E-state index >= 15 is 0 Å². The summed E-state index contributed by atoms with van der Waals surface area (Å²) in [6.45, 7) is 6.16. The van der Waals surface area contributed by atoms with Crippen molar-refractivity contribution in [3.8, 4) is 0 Å². The van der Waals surface area contributed by atoms with E-state index < -0.39 is 0 Å². The number of aryl methyl sites for hydroxylation is 2. The molecule has 0 aliphatic rings. The predicted molar refractivity (Wildman–Crippen MR) is 97.3 cm³/mol. The van der Waals surface area contributed by atoms with Gasteiger partial charge in [0.05, 0.1) is 17.5 Å². The molecule has 2 rings (SSSR count). The highest BCUT2D eigenvalue weighted by Crippen LogP contribution is 2.19. The van der Waals surface area contributed by atoms with Crippen molar-refractivity contribution in [2.45, 2.75) is 32.6 Å². The average Bonchev–Trinajstić information content (AvgIpc) is 3.13. The number of carbonyl (C=O) groups excluding carboxylic acids is 2. The number of nitrogens with one attached hydrogen (secondary N) is 1. The Hall–Kier alpha value is -1.80. The van der Waals surface area contributed by atoms with Gasteiger partial charge in [0.15, 0.2) is 5.82 Å². The molecule has 130 valence electrons. The molecule has 2 heterocycles. The number of rotatable bonds is 7. The number of anilines is 1. The van der Waals surface area contributed by atoms with E-state index in [0.717, 1.165) is 0 Å². The first kappa shape index (κ1) is 18.5. The molecule has 2 aromatic rings. The van der Waals surface area contributed by atoms with E-state index in [0.29, 0.717) is 18.1 Å². The molecule has 0 aromatic carbocycles. The van der Waals surface area contributed by atoms with Gasteiger partial charge in [-0.05, 0) is 37.8 Å². The summed E-state index contributed by atoms with van der Waals surface area (Å²) < 4.78 is 4.90. The van der Waals surface area contributed by atoms with Crippen LogP contribution in [0.25, 0.3) is 0 Å². The van der Waals surface area contributed by atoms with E-state index in [2.05, 4.69) is 10.5 Å². The van der Waals surface area contributed by atoms with E-state index in [4.69, 9.17) is 4.52 Å². The van der Waals surface area contributed by atoms with Crippen LogP contribution in [0.3, 0.4) is 0 Å². The number of hydrogen-bond donors (Lipinski definition) is 1. The molecule has 1 unspecified atom stereocenters. The first-order valence-corrected chi connectivity index (χ1v) is 9.42. The molecule has 2 aromatic heterocycles. The minimum atomic E-state index is -0.358. The van der Waals surface area contributed by atoms with Crippen LogP contribution in [0.1, 0.15) is 23.1 Å². The summed E-state index contributed by atoms with van der Waals surface area (Å²) in [4.78, 5) is 27.2. The lowest BCUT2D eigenvalue weighted by Gasteiger charge is -2.18. The molecule has 0 saturated carbocycles. The number of aromatic nitrogens is 1. The smallest absolute Gasteiger partial charge is 0.238 e. The van der Waals surface area contributed by atoms with Gasteiger partial charge in [0.25, 0.3) is 0 Å². The average molecular weight is 367 g/mol. The van der Waals surface area contributed by atoms with Crippen LogP contribution in [0.15, 0.2) is 22.0 Å². The number of amides is 2. The highest BCUT2D eigenvalue weighted by molar-refractivity contribution is 8.01. The summed E-state index contributed by atoms with van der Waals surface area (Å²) in [6, 6.07) is 3.70. The molecule has 24 heavy (non-hydrogen) atoms. The minimum Gasteiger partial charge on any atom is -0.360 e. The van der Waals surface area contributed by atoms with Crippen LogP contribution in [-0.2, 0) is 16.1 Å². The van der Waals surface area contributed by atoms with Gasteiger partial charge in [-0.15, -0.1) is 23.1 Å². The first-order chi connectivity index (χ1) is 11.4. The van der Waals surface area contributed by atoms with Crippen LogP contribution < -0.4 is 5.32 Å². The van der Waals surface area contributed by atoms with E-state index in [1.165, 1.54) is 22.2 Å². The van der Waals surface area contributed by atoms with Crippen molar-refractivity contribution in [2.75, 3.05) is 18.1 Å². The van der Waals surface area contributed by atoms with E-state index in [1.54, 1.807) is 43.2 Å². The second-order valence-corrected chi connectivity index (χ2v) is 7.87. The Balaban J connectivity index is 1.77. The van der Waals surface area contributed by atoms with Gasteiger partial charge in [-0.1, -0.05) is 5.16 Å². The Bertz CT molecular complexity index is 711. The van der Waals surface area contributed by atoms with Crippen molar-refractivity contribution in [1.82, 2.24) is 10.1 Å². The van der Waals surface area contributed by atoms with Crippen LogP contribution in [0.5, 0.6) is 0 Å². The molecule has 0 spiro atoms. The zero-order valence-corrected chi connectivity index (χ0v) is 15.8. The molecule has 0 aliphatic heterocycles. The summed E-state index contributed by atoms with van der Waals surface area (Å²) in [5.41, 5.74) is 1.20. The van der Waals surface area contributed by atoms with Crippen LogP contribution in [-0.4, -0.2) is 39.9 Å². The Kier molecular flexibility index (Phi) is 6.44. The fraction of sp³-hybridized carbons (Fsp3) is 0.438. The van der Waals surface area contributed by atoms with Crippen LogP contribution >= 0.6 is 23.1 Å². The maximum atomic E-state index is 12.2. The van der Waals surface area contributed by atoms with E-state index in [9.17, 15) is 9.59 Å². The monoisotopic (exact) mass is 367 g/mol. The molecular weight excluding hydrogens is 346 g/mol. The third-order valence-electron chi connectivity index (χ3n) is 3.48. The number of thioether (sulfide) groups is 1. The lowest BCUT2D eigenvalue weighted by Crippen LogP contribution is -2.30. The Morgan fingerprint density at radius 2 is 2.21 bits per heavy atom. The molecule has 0 aliphatic carbocycles. The van der Waals surface area contributed by atoms with Gasteiger partial charge in [-0.3, -0.25) is 9.59 Å². The number of carbonyl (C=O) groups is 2. The topological polar surface area (TPSA) is 75.4 Å². The molecule has 0 radical (unpaired) electrons. The molecule has 1 atom stereocenters. The Morgan fingerprint density at radius 1 is 1.46 bits per heavy atom. The highest BCUT2D eigenvalue weighted by atomic mass is 32.2. The van der Waals surface area contributed by atoms with Gasteiger partial charge < -0.3 is 14.7 Å². The zero-order chi connectivity index (χ0) is 17.7. The van der Waals surface area contributed by atoms with Gasteiger partial charge in [0, 0.05) is 18.0 Å². The van der Waals surface area contributed by atoms with Crippen LogP contribution in [0.2, 0.25) is 0 Å². The van der Waals surface area contributed by atoms with Crippen molar-refractivity contribution in [3.05, 3.63) is 33.7 Å². The molecule has 1 N–H and O–H groups in total. The van der Waals surface area contributed by atoms with E-state index in [1.807, 2.05) is 18.4 Å². The Morgan fingerprint density at radius 3 is 2.79 bits per heavy atom. The molecule has 6 nitrogen and oxygen atoms in total. The fourth-order valence-electron chi connectivity index (χ4n) is 1.91. The van der Waals surface area contributed by atoms with Gasteiger partial charge in [0.2, 0.25) is 11.8 Å². The molecule has 2 amide bonds. The highest BCUT2D eigenvalue weighted by Gasteiger charge is 2.18. The first-order valence-electron chi connectivity index (χ1n) is 7.49. The summed E-state index contributed by atoms with van der Waals surface area (Å²) in [7, 11) is 1.78. The third-order valence-corrected chi connectivity index (χ3v) is 5.62. The second-order valence-electron chi connectivity index (χ2n) is 5.54. The standard InChI is InChI=1S/C16H21N3O3S2/c1-10-5-6-23-13(10)8-19(4)15(20)9-24-12(3)16(21)17-14-7-11(2)22-18-14/h5-7,12H,8-9H2,1-4H3,(H,17,18,21). The summed E-state index contributed by atoms with van der Waals surface area (Å²) in [5, 5.41) is 8.06. The number of hydrogen-bond acceptors (Lipinski definition) is 6. The van der Waals surface area contributed by atoms with Crippen molar-refractivity contribution in [2.24, 2.45) is 0 Å². The molecule has 0 saturated heterocycles. The SMILES string of the molecule is Cc1cc(NC(=O)C(C)SCC(=O)N(C)Cc2sccc2C)no1. The quantitative estimate of drug-likeness (QED) is 0.814. The largest absolute Gasteiger partial charge is 0.360 e. The lowest BCUT2D eigenvalue weighted by molar-refractivity contribution is -0.127. The summed E-state index contributed by atoms with van der Waals surface area (Å²) >= 11 is 2.95. The van der Waals surface area contributed by atoms with Gasteiger partial charge >= 0.3 is 0 Å². The summed E-state index contributed by atoms with van der Waals surface area (Å²) in [6.07, 6.45) is 0. The van der Waals surface area contributed by atoms with E-state index in [-0.39, 0.29) is 22.8 Å².